The lowest BCUT2D eigenvalue weighted by molar-refractivity contribution is -0.134. The second-order valence-corrected chi connectivity index (χ2v) is 3.88. The van der Waals surface area contributed by atoms with E-state index in [9.17, 15) is 4.79 Å². The number of halogens is 1. The summed E-state index contributed by atoms with van der Waals surface area (Å²) in [6.07, 6.45) is 2.89. The van der Waals surface area contributed by atoms with Crippen LogP contribution in [0.1, 0.15) is 5.56 Å². The number of benzene rings is 1. The first kappa shape index (κ1) is 11.8. The van der Waals surface area contributed by atoms with Gasteiger partial charge in [0.15, 0.2) is 0 Å². The van der Waals surface area contributed by atoms with E-state index >= 15 is 0 Å². The van der Waals surface area contributed by atoms with Crippen molar-refractivity contribution in [3.8, 4) is 0 Å². The second kappa shape index (κ2) is 5.56. The van der Waals surface area contributed by atoms with Gasteiger partial charge in [-0.1, -0.05) is 22.0 Å². The zero-order valence-electron chi connectivity index (χ0n) is 8.58. The number of aryl methyl sites for hydroxylation is 1. The molecule has 0 aliphatic rings. The molecule has 4 heteroatoms. The molecule has 0 saturated carbocycles. The Bertz CT molecular complexity index is 388. The van der Waals surface area contributed by atoms with Crippen LogP contribution in [0.5, 0.6) is 0 Å². The number of methoxy groups -OCH3 is 1. The molecular formula is C11H12BrNO2. The van der Waals surface area contributed by atoms with E-state index in [2.05, 4.69) is 26.0 Å². The maximum atomic E-state index is 10.8. The normalized spacial score (nSPS) is 10.3. The lowest BCUT2D eigenvalue weighted by Crippen LogP contribution is -1.97. The number of carbonyl (C=O) groups excluding carboxylic acids is 1. The molecule has 0 atom stereocenters. The number of hydrogen-bond acceptors (Lipinski definition) is 3. The SMILES string of the molecule is COC(=O)/C=C/Nc1cc(Br)ccc1C. The Morgan fingerprint density at radius 3 is 2.93 bits per heavy atom. The molecule has 0 aliphatic heterocycles. The predicted molar refractivity (Wildman–Crippen MR) is 63.7 cm³/mol. The molecule has 80 valence electrons. The molecular weight excluding hydrogens is 258 g/mol. The largest absolute Gasteiger partial charge is 0.466 e. The Balaban J connectivity index is 2.68. The monoisotopic (exact) mass is 269 g/mol. The fourth-order valence-electron chi connectivity index (χ4n) is 1.02. The second-order valence-electron chi connectivity index (χ2n) is 2.96. The summed E-state index contributed by atoms with van der Waals surface area (Å²) in [5.41, 5.74) is 2.05. The molecule has 0 aromatic heterocycles. The van der Waals surface area contributed by atoms with E-state index in [-0.39, 0.29) is 5.97 Å². The van der Waals surface area contributed by atoms with Crippen molar-refractivity contribution in [1.29, 1.82) is 0 Å². The van der Waals surface area contributed by atoms with Crippen LogP contribution in [-0.2, 0) is 9.53 Å². The zero-order chi connectivity index (χ0) is 11.3. The summed E-state index contributed by atoms with van der Waals surface area (Å²) in [6, 6.07) is 5.89. The molecule has 0 aliphatic carbocycles. The summed E-state index contributed by atoms with van der Waals surface area (Å²) in [7, 11) is 1.34. The van der Waals surface area contributed by atoms with Gasteiger partial charge in [-0.05, 0) is 24.6 Å². The minimum atomic E-state index is -0.379. The average molecular weight is 270 g/mol. The van der Waals surface area contributed by atoms with Crippen LogP contribution in [-0.4, -0.2) is 13.1 Å². The fourth-order valence-corrected chi connectivity index (χ4v) is 1.38. The van der Waals surface area contributed by atoms with Crippen molar-refractivity contribution in [2.45, 2.75) is 6.92 Å². The first-order chi connectivity index (χ1) is 7.13. The van der Waals surface area contributed by atoms with Crippen LogP contribution in [0.3, 0.4) is 0 Å². The van der Waals surface area contributed by atoms with Gasteiger partial charge in [0, 0.05) is 22.4 Å². The quantitative estimate of drug-likeness (QED) is 0.678. The van der Waals surface area contributed by atoms with E-state index in [1.807, 2.05) is 25.1 Å². The number of esters is 1. The maximum absolute atomic E-state index is 10.8. The zero-order valence-corrected chi connectivity index (χ0v) is 10.2. The van der Waals surface area contributed by atoms with Gasteiger partial charge in [-0.15, -0.1) is 0 Å². The van der Waals surface area contributed by atoms with Gasteiger partial charge in [0.05, 0.1) is 7.11 Å². The van der Waals surface area contributed by atoms with Gasteiger partial charge in [0.1, 0.15) is 0 Å². The minimum Gasteiger partial charge on any atom is -0.466 e. The van der Waals surface area contributed by atoms with E-state index in [0.29, 0.717) is 0 Å². The van der Waals surface area contributed by atoms with Gasteiger partial charge in [-0.25, -0.2) is 4.79 Å². The standard InChI is InChI=1S/C11H12BrNO2/c1-8-3-4-9(12)7-10(8)13-6-5-11(14)15-2/h3-7,13H,1-2H3/b6-5+. The van der Waals surface area contributed by atoms with Gasteiger partial charge in [0.2, 0.25) is 0 Å². The van der Waals surface area contributed by atoms with Crippen LogP contribution in [0.25, 0.3) is 0 Å². The van der Waals surface area contributed by atoms with E-state index in [1.54, 1.807) is 6.20 Å². The molecule has 15 heavy (non-hydrogen) atoms. The number of carbonyl (C=O) groups is 1. The third-order valence-electron chi connectivity index (χ3n) is 1.86. The predicted octanol–water partition coefficient (Wildman–Crippen LogP) is 2.86. The molecule has 1 aromatic carbocycles. The third-order valence-corrected chi connectivity index (χ3v) is 2.35. The van der Waals surface area contributed by atoms with Gasteiger partial charge in [-0.3, -0.25) is 0 Å². The lowest BCUT2D eigenvalue weighted by Gasteiger charge is -2.05. The molecule has 1 aromatic rings. The molecule has 3 nitrogen and oxygen atoms in total. The van der Waals surface area contributed by atoms with Crippen molar-refractivity contribution in [3.05, 3.63) is 40.5 Å². The van der Waals surface area contributed by atoms with Crippen molar-refractivity contribution in [3.63, 3.8) is 0 Å². The van der Waals surface area contributed by atoms with Gasteiger partial charge in [0.25, 0.3) is 0 Å². The number of rotatable bonds is 3. The summed E-state index contributed by atoms with van der Waals surface area (Å²) in [6.45, 7) is 1.99. The highest BCUT2D eigenvalue weighted by Crippen LogP contribution is 2.20. The molecule has 0 saturated heterocycles. The summed E-state index contributed by atoms with van der Waals surface area (Å²) < 4.78 is 5.46. The van der Waals surface area contributed by atoms with Gasteiger partial charge >= 0.3 is 5.97 Å². The number of anilines is 1. The first-order valence-electron chi connectivity index (χ1n) is 4.40. The molecule has 1 N–H and O–H groups in total. The van der Waals surface area contributed by atoms with E-state index < -0.39 is 0 Å². The number of nitrogens with one attached hydrogen (secondary N) is 1. The molecule has 0 fully saturated rings. The maximum Gasteiger partial charge on any atom is 0.331 e. The lowest BCUT2D eigenvalue weighted by atomic mass is 10.2. The molecule has 0 spiro atoms. The van der Waals surface area contributed by atoms with Crippen LogP contribution in [0.15, 0.2) is 34.9 Å². The third kappa shape index (κ3) is 3.75. The smallest absolute Gasteiger partial charge is 0.331 e. The van der Waals surface area contributed by atoms with Crippen LogP contribution in [0.4, 0.5) is 5.69 Å². The van der Waals surface area contributed by atoms with E-state index in [4.69, 9.17) is 0 Å². The van der Waals surface area contributed by atoms with E-state index in [1.165, 1.54) is 13.2 Å². The molecule has 1 rings (SSSR count). The van der Waals surface area contributed by atoms with Crippen LogP contribution in [0.2, 0.25) is 0 Å². The van der Waals surface area contributed by atoms with Crippen molar-refractivity contribution in [2.75, 3.05) is 12.4 Å². The minimum absolute atomic E-state index is 0.379. The van der Waals surface area contributed by atoms with Crippen molar-refractivity contribution in [2.24, 2.45) is 0 Å². The topological polar surface area (TPSA) is 38.3 Å². The van der Waals surface area contributed by atoms with E-state index in [0.717, 1.165) is 15.7 Å². The summed E-state index contributed by atoms with van der Waals surface area (Å²) >= 11 is 3.38. The first-order valence-corrected chi connectivity index (χ1v) is 5.20. The van der Waals surface area contributed by atoms with Crippen molar-refractivity contribution in [1.82, 2.24) is 0 Å². The van der Waals surface area contributed by atoms with Gasteiger partial charge < -0.3 is 10.1 Å². The van der Waals surface area contributed by atoms with Gasteiger partial charge in [-0.2, -0.15) is 0 Å². The number of ether oxygens (including phenoxy) is 1. The van der Waals surface area contributed by atoms with Crippen LogP contribution >= 0.6 is 15.9 Å². The summed E-state index contributed by atoms with van der Waals surface area (Å²) in [5.74, 6) is -0.379. The average Bonchev–Trinajstić information content (AvgIpc) is 2.23. The Hall–Kier alpha value is -1.29. The Kier molecular flexibility index (Phi) is 4.37. The molecule has 0 radical (unpaired) electrons. The highest BCUT2D eigenvalue weighted by atomic mass is 79.9. The molecule has 0 heterocycles. The van der Waals surface area contributed by atoms with Crippen LogP contribution in [0, 0.1) is 6.92 Å². The van der Waals surface area contributed by atoms with Crippen molar-refractivity contribution >= 4 is 27.6 Å². The number of hydrogen-bond donors (Lipinski definition) is 1. The fraction of sp³-hybridized carbons (Fsp3) is 0.182. The van der Waals surface area contributed by atoms with Crippen LogP contribution < -0.4 is 5.32 Å². The highest BCUT2D eigenvalue weighted by molar-refractivity contribution is 9.10. The Labute approximate surface area is 97.3 Å². The highest BCUT2D eigenvalue weighted by Gasteiger charge is 1.96. The Morgan fingerprint density at radius 1 is 1.53 bits per heavy atom. The van der Waals surface area contributed by atoms with Crippen molar-refractivity contribution < 1.29 is 9.53 Å². The molecule has 0 amide bonds. The molecule has 0 unspecified atom stereocenters. The molecule has 0 bridgehead atoms. The summed E-state index contributed by atoms with van der Waals surface area (Å²) in [5, 5.41) is 3.01. The summed E-state index contributed by atoms with van der Waals surface area (Å²) in [4.78, 5) is 10.8. The Morgan fingerprint density at radius 2 is 2.27 bits per heavy atom.